The van der Waals surface area contributed by atoms with Gasteiger partial charge in [-0.3, -0.25) is 9.69 Å². The Labute approximate surface area is 278 Å². The Kier molecular flexibility index (Phi) is 6.94. The highest BCUT2D eigenvalue weighted by molar-refractivity contribution is 7.22. The van der Waals surface area contributed by atoms with Crippen LogP contribution in [-0.2, 0) is 6.54 Å². The van der Waals surface area contributed by atoms with Crippen molar-refractivity contribution in [3.63, 3.8) is 0 Å². The maximum absolute atomic E-state index is 17.4. The average Bonchev–Trinajstić information content (AvgIpc) is 3.33. The van der Waals surface area contributed by atoms with Gasteiger partial charge in [0.2, 0.25) is 5.88 Å². The van der Waals surface area contributed by atoms with Crippen LogP contribution in [0.2, 0.25) is 0 Å². The van der Waals surface area contributed by atoms with Gasteiger partial charge in [-0.25, -0.2) is 23.1 Å². The fourth-order valence-corrected chi connectivity index (χ4v) is 9.48. The number of aromatic nitrogens is 3. The molecule has 4 aliphatic heterocycles. The van der Waals surface area contributed by atoms with E-state index in [1.165, 1.54) is 16.7 Å². The summed E-state index contributed by atoms with van der Waals surface area (Å²) in [7, 11) is 0. The number of pyridine rings is 2. The van der Waals surface area contributed by atoms with E-state index in [0.717, 1.165) is 56.4 Å². The van der Waals surface area contributed by atoms with Gasteiger partial charge in [-0.2, -0.15) is 5.26 Å². The number of anilines is 2. The molecule has 10 nitrogen and oxygen atoms in total. The zero-order chi connectivity index (χ0) is 32.9. The van der Waals surface area contributed by atoms with Crippen molar-refractivity contribution in [1.29, 1.82) is 5.26 Å². The second kappa shape index (κ2) is 11.0. The minimum atomic E-state index is -0.974. The summed E-state index contributed by atoms with van der Waals surface area (Å²) in [5.41, 5.74) is 5.56. The molecule has 1 aromatic carbocycles. The minimum absolute atomic E-state index is 0.0311. The van der Waals surface area contributed by atoms with Crippen LogP contribution >= 0.6 is 11.3 Å². The molecule has 4 aromatic rings. The van der Waals surface area contributed by atoms with Gasteiger partial charge in [-0.15, -0.1) is 0 Å². The largest absolute Gasteiger partial charge is 0.475 e. The molecule has 7 heterocycles. The number of piperazine rings is 1. The number of rotatable bonds is 7. The molecule has 0 radical (unpaired) electrons. The van der Waals surface area contributed by atoms with Gasteiger partial charge < -0.3 is 25.3 Å². The second-order valence-electron chi connectivity index (χ2n) is 14.2. The van der Waals surface area contributed by atoms with Gasteiger partial charge in [0.05, 0.1) is 32.5 Å². The van der Waals surface area contributed by atoms with Gasteiger partial charge in [0.1, 0.15) is 35.7 Å². The number of ether oxygens (including phenoxy) is 1. The van der Waals surface area contributed by atoms with Crippen molar-refractivity contribution in [2.24, 2.45) is 5.92 Å². The molecule has 1 saturated carbocycles. The number of hydrogen-bond donors (Lipinski definition) is 2. The predicted molar refractivity (Wildman–Crippen MR) is 177 cm³/mol. The standard InChI is InChI=1S/C34H35F3N8O2S/c35-18-10-34(8-1-9-44(34)13-18)16-47-31-22(11-38)28(43-14-19-4-5-20(15-43)40-19)24-27(41-31)25(37)29(45(32(24)46)12-17-2-3-17)21-6-7-23(36)30-26(21)42-33(39)48-30/h6-7,17-20,40H,1-5,8-10,12-16H2,(H2,39,42)/t18-,19?,20?,34+/m1/s1. The topological polar surface area (TPSA) is 125 Å². The van der Waals surface area contributed by atoms with Crippen LogP contribution in [-0.4, -0.2) is 76.0 Å². The van der Waals surface area contributed by atoms with Crippen LogP contribution in [0.4, 0.5) is 24.0 Å². The molecule has 14 heteroatoms. The fraction of sp³-hybridized carbons (Fsp3) is 0.529. The van der Waals surface area contributed by atoms with Gasteiger partial charge >= 0.3 is 0 Å². The molecule has 0 spiro atoms. The summed E-state index contributed by atoms with van der Waals surface area (Å²) in [4.78, 5) is 27.9. The number of hydrogen-bond acceptors (Lipinski definition) is 10. The molecule has 5 aliphatic rings. The first-order chi connectivity index (χ1) is 23.2. The lowest BCUT2D eigenvalue weighted by atomic mass is 9.95. The molecule has 2 unspecified atom stereocenters. The molecular formula is C34H35F3N8O2S. The quantitative estimate of drug-likeness (QED) is 0.286. The Morgan fingerprint density at radius 1 is 1.12 bits per heavy atom. The summed E-state index contributed by atoms with van der Waals surface area (Å²) in [5.74, 6) is -1.20. The molecule has 3 N–H and O–H groups in total. The zero-order valence-electron chi connectivity index (χ0n) is 26.3. The maximum atomic E-state index is 17.4. The monoisotopic (exact) mass is 676 g/mol. The lowest BCUT2D eigenvalue weighted by molar-refractivity contribution is 0.110. The Hall–Kier alpha value is -3.93. The molecule has 0 amide bonds. The average molecular weight is 677 g/mol. The number of nitrogens with zero attached hydrogens (tertiary/aromatic N) is 6. The number of fused-ring (bicyclic) bond motifs is 5. The predicted octanol–water partition coefficient (Wildman–Crippen LogP) is 4.71. The highest BCUT2D eigenvalue weighted by atomic mass is 32.1. The van der Waals surface area contributed by atoms with Crippen LogP contribution in [0.25, 0.3) is 32.4 Å². The van der Waals surface area contributed by atoms with E-state index in [4.69, 9.17) is 10.5 Å². The van der Waals surface area contributed by atoms with Crippen LogP contribution < -0.4 is 26.2 Å². The van der Waals surface area contributed by atoms with Crippen molar-refractivity contribution in [2.75, 3.05) is 43.4 Å². The first kappa shape index (κ1) is 30.2. The summed E-state index contributed by atoms with van der Waals surface area (Å²) in [5, 5.41) is 14.4. The Morgan fingerprint density at radius 2 is 1.92 bits per heavy atom. The molecule has 250 valence electrons. The lowest BCUT2D eigenvalue weighted by Crippen LogP contribution is -2.51. The van der Waals surface area contributed by atoms with Crippen molar-refractivity contribution in [2.45, 2.75) is 75.3 Å². The van der Waals surface area contributed by atoms with Crippen LogP contribution in [0.15, 0.2) is 16.9 Å². The van der Waals surface area contributed by atoms with E-state index in [9.17, 15) is 18.8 Å². The third-order valence-electron chi connectivity index (χ3n) is 11.1. The molecule has 5 fully saturated rings. The minimum Gasteiger partial charge on any atom is -0.475 e. The Balaban J connectivity index is 1.29. The Morgan fingerprint density at radius 3 is 2.67 bits per heavy atom. The van der Waals surface area contributed by atoms with E-state index in [2.05, 4.69) is 26.3 Å². The van der Waals surface area contributed by atoms with Gasteiger partial charge in [-0.05, 0) is 63.1 Å². The number of nitriles is 1. The smallest absolute Gasteiger partial charge is 0.262 e. The van der Waals surface area contributed by atoms with Crippen molar-refractivity contribution in [3.8, 4) is 23.2 Å². The van der Waals surface area contributed by atoms with E-state index in [-0.39, 0.29) is 80.1 Å². The lowest BCUT2D eigenvalue weighted by Gasteiger charge is -2.36. The molecule has 48 heavy (non-hydrogen) atoms. The fourth-order valence-electron chi connectivity index (χ4n) is 8.71. The third-order valence-corrected chi connectivity index (χ3v) is 12.0. The van der Waals surface area contributed by atoms with E-state index >= 15 is 4.39 Å². The van der Waals surface area contributed by atoms with Crippen molar-refractivity contribution in [1.82, 2.24) is 24.8 Å². The highest BCUT2D eigenvalue weighted by Gasteiger charge is 2.49. The van der Waals surface area contributed by atoms with Crippen LogP contribution in [0.5, 0.6) is 5.88 Å². The molecule has 1 aliphatic carbocycles. The SMILES string of the molecule is N#Cc1c(OC[C@@]23CCCN2C[C@H](F)C3)nc2c(F)c(-c3ccc(F)c4sc(N)nc34)n(CC3CC3)c(=O)c2c1N1CC2CCC(C1)N2. The number of thiazole rings is 1. The number of benzene rings is 1. The zero-order valence-corrected chi connectivity index (χ0v) is 27.1. The second-order valence-corrected chi connectivity index (χ2v) is 15.3. The number of nitrogens with two attached hydrogens (primary N) is 1. The first-order valence-electron chi connectivity index (χ1n) is 16.8. The van der Waals surface area contributed by atoms with E-state index < -0.39 is 28.9 Å². The normalized spacial score (nSPS) is 26.9. The number of nitrogens with one attached hydrogen (secondary N) is 1. The molecule has 4 atom stereocenters. The summed E-state index contributed by atoms with van der Waals surface area (Å²) in [6.07, 6.45) is 4.71. The highest BCUT2D eigenvalue weighted by Crippen LogP contribution is 2.44. The van der Waals surface area contributed by atoms with Crippen molar-refractivity contribution < 1.29 is 17.9 Å². The number of halogens is 3. The summed E-state index contributed by atoms with van der Waals surface area (Å²) in [6, 6.07) is 5.26. The summed E-state index contributed by atoms with van der Waals surface area (Å²) >= 11 is 0.961. The molecular weight excluding hydrogens is 641 g/mol. The summed E-state index contributed by atoms with van der Waals surface area (Å²) in [6.45, 7) is 2.52. The first-order valence-corrected chi connectivity index (χ1v) is 17.6. The molecule has 9 rings (SSSR count). The molecule has 4 saturated heterocycles. The van der Waals surface area contributed by atoms with Gasteiger partial charge in [0.15, 0.2) is 10.9 Å². The van der Waals surface area contributed by atoms with E-state index in [1.54, 1.807) is 0 Å². The van der Waals surface area contributed by atoms with E-state index in [1.807, 2.05) is 4.90 Å². The molecule has 2 bridgehead atoms. The number of nitrogen functional groups attached to an aromatic ring is 1. The van der Waals surface area contributed by atoms with Crippen LogP contribution in [0.3, 0.4) is 0 Å². The van der Waals surface area contributed by atoms with Crippen LogP contribution in [0.1, 0.15) is 50.5 Å². The van der Waals surface area contributed by atoms with Crippen LogP contribution in [0, 0.1) is 28.9 Å². The van der Waals surface area contributed by atoms with Crippen molar-refractivity contribution in [3.05, 3.63) is 39.7 Å². The van der Waals surface area contributed by atoms with Gasteiger partial charge in [-0.1, -0.05) is 11.3 Å². The van der Waals surface area contributed by atoms with Gasteiger partial charge in [0, 0.05) is 50.2 Å². The third kappa shape index (κ3) is 4.69. The van der Waals surface area contributed by atoms with E-state index in [0.29, 0.717) is 31.7 Å². The maximum Gasteiger partial charge on any atom is 0.262 e. The Bertz CT molecular complexity index is 2080. The van der Waals surface area contributed by atoms with Crippen molar-refractivity contribution >= 4 is 43.3 Å². The summed E-state index contributed by atoms with van der Waals surface area (Å²) < 4.78 is 54.9. The van der Waals surface area contributed by atoms with Gasteiger partial charge in [0.25, 0.3) is 5.56 Å². The molecule has 3 aromatic heterocycles. The number of alkyl halides is 1.